The molecule has 0 aromatic heterocycles. The first-order valence-electron chi connectivity index (χ1n) is 15.0. The number of phenolic OH excluding ortho intramolecular Hbond substituents is 1. The number of hydrogen-bond donors (Lipinski definition) is 2. The molecule has 2 N–H and O–H groups in total. The zero-order chi connectivity index (χ0) is 28.8. The number of nitrogens with one attached hydrogen (secondary N) is 1. The highest BCUT2D eigenvalue weighted by Crippen LogP contribution is 2.26. The molecule has 0 saturated heterocycles. The van der Waals surface area contributed by atoms with Gasteiger partial charge in [-0.05, 0) is 55.4 Å². The monoisotopic (exact) mass is 551 g/mol. The number of aromatic hydroxyl groups is 1. The highest BCUT2D eigenvalue weighted by Gasteiger charge is 2.13. The molecular weight excluding hydrogens is 502 g/mol. The molecule has 6 heteroatoms. The number of amides is 1. The summed E-state index contributed by atoms with van der Waals surface area (Å²) in [5.41, 5.74) is 1.88. The second kappa shape index (κ2) is 20.6. The van der Waals surface area contributed by atoms with Gasteiger partial charge in [0.05, 0.1) is 13.5 Å². The lowest BCUT2D eigenvalue weighted by Crippen LogP contribution is -2.22. The summed E-state index contributed by atoms with van der Waals surface area (Å²) in [5.74, 6) is 0.402. The van der Waals surface area contributed by atoms with Crippen molar-refractivity contribution in [3.05, 3.63) is 71.8 Å². The molecule has 0 fully saturated rings. The van der Waals surface area contributed by atoms with Crippen LogP contribution >= 0.6 is 0 Å². The molecule has 0 aliphatic rings. The number of ether oxygens (including phenoxy) is 2. The Morgan fingerprint density at radius 3 is 2.42 bits per heavy atom. The Labute approximate surface area is 241 Å². The van der Waals surface area contributed by atoms with E-state index in [0.29, 0.717) is 25.1 Å². The minimum atomic E-state index is -0.144. The Bertz CT molecular complexity index is 1000. The molecule has 2 rings (SSSR count). The summed E-state index contributed by atoms with van der Waals surface area (Å²) in [5, 5.41) is 12.6. The number of rotatable bonds is 21. The van der Waals surface area contributed by atoms with E-state index in [9.17, 15) is 14.7 Å². The minimum absolute atomic E-state index is 0.0451. The standard InChI is InChI=1S/C34H49NO5/c1-3-4-5-15-20-30(40-34(38)26-28-18-13-12-14-19-28)21-16-10-8-6-7-9-11-17-22-33(37)35-27-29-23-24-31(36)32(25-29)39-2/h10,12-14,16,18-19,23-25,30,36H,3-9,11,15,17,20-22,26-27H2,1-2H3,(H,35,37)/b16-10-/t30-/m0/s1. The largest absolute Gasteiger partial charge is 0.504 e. The third-order valence-corrected chi connectivity index (χ3v) is 6.94. The first-order chi connectivity index (χ1) is 19.5. The molecule has 0 saturated carbocycles. The zero-order valence-corrected chi connectivity index (χ0v) is 24.5. The van der Waals surface area contributed by atoms with Gasteiger partial charge in [-0.2, -0.15) is 0 Å². The summed E-state index contributed by atoms with van der Waals surface area (Å²) in [6.45, 7) is 2.63. The van der Waals surface area contributed by atoms with Crippen LogP contribution in [0.3, 0.4) is 0 Å². The highest BCUT2D eigenvalue weighted by atomic mass is 16.5. The topological polar surface area (TPSA) is 84.9 Å². The molecule has 0 unspecified atom stereocenters. The van der Waals surface area contributed by atoms with Gasteiger partial charge in [-0.25, -0.2) is 0 Å². The van der Waals surface area contributed by atoms with E-state index in [1.807, 2.05) is 30.3 Å². The number of hydrogen-bond acceptors (Lipinski definition) is 5. The Kier molecular flexibility index (Phi) is 17.0. The van der Waals surface area contributed by atoms with E-state index in [-0.39, 0.29) is 23.7 Å². The van der Waals surface area contributed by atoms with Crippen LogP contribution in [0.15, 0.2) is 60.7 Å². The molecular formula is C34H49NO5. The second-order valence-corrected chi connectivity index (χ2v) is 10.4. The van der Waals surface area contributed by atoms with Crippen molar-refractivity contribution in [2.75, 3.05) is 7.11 Å². The van der Waals surface area contributed by atoms with Gasteiger partial charge < -0.3 is 19.9 Å². The van der Waals surface area contributed by atoms with Crippen molar-refractivity contribution in [2.24, 2.45) is 0 Å². The minimum Gasteiger partial charge on any atom is -0.504 e. The van der Waals surface area contributed by atoms with Crippen molar-refractivity contribution >= 4 is 11.9 Å². The Morgan fingerprint density at radius 1 is 0.900 bits per heavy atom. The van der Waals surface area contributed by atoms with E-state index in [1.54, 1.807) is 18.2 Å². The third kappa shape index (κ3) is 14.8. The fraction of sp³-hybridized carbons (Fsp3) is 0.529. The number of esters is 1. The normalized spacial score (nSPS) is 11.8. The molecule has 0 radical (unpaired) electrons. The molecule has 0 aliphatic carbocycles. The molecule has 0 heterocycles. The fourth-order valence-corrected chi connectivity index (χ4v) is 4.58. The lowest BCUT2D eigenvalue weighted by atomic mass is 10.1. The second-order valence-electron chi connectivity index (χ2n) is 10.4. The molecule has 2 aromatic carbocycles. The predicted octanol–water partition coefficient (Wildman–Crippen LogP) is 7.82. The number of carbonyl (C=O) groups excluding carboxylic acids is 2. The van der Waals surface area contributed by atoms with Crippen molar-refractivity contribution in [2.45, 2.75) is 109 Å². The molecule has 1 amide bonds. The van der Waals surface area contributed by atoms with Crippen LogP contribution in [0.4, 0.5) is 0 Å². The van der Waals surface area contributed by atoms with E-state index in [1.165, 1.54) is 26.4 Å². The Morgan fingerprint density at radius 2 is 1.65 bits per heavy atom. The Balaban J connectivity index is 1.56. The third-order valence-electron chi connectivity index (χ3n) is 6.94. The van der Waals surface area contributed by atoms with Crippen LogP contribution < -0.4 is 10.1 Å². The van der Waals surface area contributed by atoms with E-state index in [4.69, 9.17) is 9.47 Å². The summed E-state index contributed by atoms with van der Waals surface area (Å²) >= 11 is 0. The number of benzene rings is 2. The first kappa shape index (κ1) is 32.9. The highest BCUT2D eigenvalue weighted by molar-refractivity contribution is 5.75. The van der Waals surface area contributed by atoms with Crippen molar-refractivity contribution in [3.63, 3.8) is 0 Å². The van der Waals surface area contributed by atoms with Crippen LogP contribution in [0.2, 0.25) is 0 Å². The zero-order valence-electron chi connectivity index (χ0n) is 24.5. The number of carbonyl (C=O) groups is 2. The Hall–Kier alpha value is -3.28. The van der Waals surface area contributed by atoms with Gasteiger partial charge in [0.15, 0.2) is 11.5 Å². The van der Waals surface area contributed by atoms with Gasteiger partial charge in [-0.15, -0.1) is 0 Å². The van der Waals surface area contributed by atoms with E-state index < -0.39 is 0 Å². The maximum absolute atomic E-state index is 12.5. The van der Waals surface area contributed by atoms with Gasteiger partial charge in [0.25, 0.3) is 0 Å². The molecule has 1 atom stereocenters. The summed E-state index contributed by atoms with van der Waals surface area (Å²) in [6.07, 6.45) is 17.9. The van der Waals surface area contributed by atoms with Crippen LogP contribution in [-0.2, 0) is 27.3 Å². The van der Waals surface area contributed by atoms with Gasteiger partial charge in [0, 0.05) is 19.4 Å². The van der Waals surface area contributed by atoms with Gasteiger partial charge in [-0.1, -0.05) is 94.0 Å². The average molecular weight is 552 g/mol. The van der Waals surface area contributed by atoms with Crippen LogP contribution in [0.1, 0.15) is 102 Å². The lowest BCUT2D eigenvalue weighted by molar-refractivity contribution is -0.148. The van der Waals surface area contributed by atoms with E-state index in [2.05, 4.69) is 24.4 Å². The summed E-state index contributed by atoms with van der Waals surface area (Å²) in [7, 11) is 1.51. The van der Waals surface area contributed by atoms with Gasteiger partial charge in [-0.3, -0.25) is 9.59 Å². The fourth-order valence-electron chi connectivity index (χ4n) is 4.58. The number of methoxy groups -OCH3 is 1. The molecule has 0 spiro atoms. The molecule has 220 valence electrons. The average Bonchev–Trinajstić information content (AvgIpc) is 2.96. The molecule has 6 nitrogen and oxygen atoms in total. The van der Waals surface area contributed by atoms with E-state index >= 15 is 0 Å². The molecule has 0 aliphatic heterocycles. The van der Waals surface area contributed by atoms with Crippen LogP contribution in [0.5, 0.6) is 11.5 Å². The van der Waals surface area contributed by atoms with Crippen LogP contribution in [0, 0.1) is 0 Å². The number of unbranched alkanes of at least 4 members (excludes halogenated alkanes) is 8. The molecule has 2 aromatic rings. The van der Waals surface area contributed by atoms with Gasteiger partial charge >= 0.3 is 5.97 Å². The van der Waals surface area contributed by atoms with Crippen LogP contribution in [-0.4, -0.2) is 30.2 Å². The summed E-state index contributed by atoms with van der Waals surface area (Å²) < 4.78 is 10.9. The lowest BCUT2D eigenvalue weighted by Gasteiger charge is -2.16. The van der Waals surface area contributed by atoms with Crippen molar-refractivity contribution in [3.8, 4) is 11.5 Å². The maximum atomic E-state index is 12.5. The van der Waals surface area contributed by atoms with Crippen molar-refractivity contribution in [1.29, 1.82) is 0 Å². The first-order valence-corrected chi connectivity index (χ1v) is 15.0. The van der Waals surface area contributed by atoms with Gasteiger partial charge in [0.2, 0.25) is 5.91 Å². The van der Waals surface area contributed by atoms with Crippen molar-refractivity contribution < 1.29 is 24.2 Å². The van der Waals surface area contributed by atoms with Crippen molar-refractivity contribution in [1.82, 2.24) is 5.32 Å². The molecule has 0 bridgehead atoms. The number of phenols is 1. The van der Waals surface area contributed by atoms with E-state index in [0.717, 1.165) is 68.9 Å². The molecule has 40 heavy (non-hydrogen) atoms. The van der Waals surface area contributed by atoms with Crippen LogP contribution in [0.25, 0.3) is 0 Å². The number of allylic oxidation sites excluding steroid dienone is 1. The predicted molar refractivity (Wildman–Crippen MR) is 161 cm³/mol. The SMILES string of the molecule is CCCCCC[C@@H](C/C=C\CCCCCCCC(=O)NCc1ccc(O)c(OC)c1)OC(=O)Cc1ccccc1. The quantitative estimate of drug-likeness (QED) is 0.0938. The smallest absolute Gasteiger partial charge is 0.310 e. The summed E-state index contributed by atoms with van der Waals surface area (Å²) in [4.78, 5) is 24.6. The summed E-state index contributed by atoms with van der Waals surface area (Å²) in [6, 6.07) is 14.9. The maximum Gasteiger partial charge on any atom is 0.310 e. The van der Waals surface area contributed by atoms with Gasteiger partial charge in [0.1, 0.15) is 6.10 Å².